The second kappa shape index (κ2) is 7.89. The Hall–Kier alpha value is -3.45. The molecular formula is C22H19N3O3S. The van der Waals surface area contributed by atoms with E-state index in [1.54, 1.807) is 42.6 Å². The van der Waals surface area contributed by atoms with Crippen molar-refractivity contribution < 1.29 is 9.53 Å². The molecule has 0 aliphatic heterocycles. The number of fused-ring (bicyclic) bond motifs is 1. The van der Waals surface area contributed by atoms with Gasteiger partial charge in [-0.15, -0.1) is 11.3 Å². The number of rotatable bonds is 5. The fourth-order valence-corrected chi connectivity index (χ4v) is 3.71. The lowest BCUT2D eigenvalue weighted by Gasteiger charge is -2.09. The molecule has 1 N–H and O–H groups in total. The van der Waals surface area contributed by atoms with Gasteiger partial charge in [-0.3, -0.25) is 14.0 Å². The molecule has 0 fully saturated rings. The van der Waals surface area contributed by atoms with Crippen molar-refractivity contribution in [1.29, 1.82) is 0 Å². The van der Waals surface area contributed by atoms with E-state index in [9.17, 15) is 9.59 Å². The van der Waals surface area contributed by atoms with Crippen molar-refractivity contribution >= 4 is 27.9 Å². The van der Waals surface area contributed by atoms with Crippen molar-refractivity contribution in [2.75, 3.05) is 5.32 Å². The minimum Gasteiger partial charge on any atom is -0.487 e. The summed E-state index contributed by atoms with van der Waals surface area (Å²) < 4.78 is 7.32. The summed E-state index contributed by atoms with van der Waals surface area (Å²) in [5.41, 5.74) is 2.75. The molecule has 0 atom stereocenters. The van der Waals surface area contributed by atoms with Crippen molar-refractivity contribution in [2.24, 2.45) is 0 Å². The molecule has 0 bridgehead atoms. The first-order valence-corrected chi connectivity index (χ1v) is 9.89. The van der Waals surface area contributed by atoms with E-state index >= 15 is 0 Å². The van der Waals surface area contributed by atoms with Crippen molar-refractivity contribution in [3.63, 3.8) is 0 Å². The highest BCUT2D eigenvalue weighted by Crippen LogP contribution is 2.20. The second-order valence-electron chi connectivity index (χ2n) is 6.72. The minimum atomic E-state index is -0.185. The number of hydrogen-bond donors (Lipinski definition) is 1. The average molecular weight is 405 g/mol. The van der Waals surface area contributed by atoms with Crippen LogP contribution in [0.25, 0.3) is 4.96 Å². The van der Waals surface area contributed by atoms with Crippen LogP contribution in [0.15, 0.2) is 65.6 Å². The number of nitrogens with one attached hydrogen (secondary N) is 1. The van der Waals surface area contributed by atoms with E-state index in [1.165, 1.54) is 21.8 Å². The summed E-state index contributed by atoms with van der Waals surface area (Å²) in [5, 5.41) is 2.87. The highest BCUT2D eigenvalue weighted by Gasteiger charge is 2.08. The van der Waals surface area contributed by atoms with E-state index in [-0.39, 0.29) is 18.1 Å². The van der Waals surface area contributed by atoms with E-state index in [0.29, 0.717) is 27.7 Å². The third kappa shape index (κ3) is 4.35. The van der Waals surface area contributed by atoms with Crippen molar-refractivity contribution in [3.05, 3.63) is 92.8 Å². The zero-order valence-corrected chi connectivity index (χ0v) is 16.8. The maximum absolute atomic E-state index is 12.4. The van der Waals surface area contributed by atoms with Crippen molar-refractivity contribution in [2.45, 2.75) is 20.5 Å². The summed E-state index contributed by atoms with van der Waals surface area (Å²) in [6.45, 7) is 4.08. The van der Waals surface area contributed by atoms with Gasteiger partial charge in [0.05, 0.1) is 5.69 Å². The molecule has 0 aliphatic rings. The first kappa shape index (κ1) is 18.9. The van der Waals surface area contributed by atoms with Gasteiger partial charge in [0.15, 0.2) is 4.96 Å². The molecule has 4 rings (SSSR count). The van der Waals surface area contributed by atoms with Gasteiger partial charge in [0.25, 0.3) is 11.5 Å². The summed E-state index contributed by atoms with van der Waals surface area (Å²) in [6.07, 6.45) is 1.78. The lowest BCUT2D eigenvalue weighted by Crippen LogP contribution is -2.14. The summed E-state index contributed by atoms with van der Waals surface area (Å²) in [7, 11) is 0. The number of aromatic nitrogens is 2. The van der Waals surface area contributed by atoms with Gasteiger partial charge in [0.1, 0.15) is 12.4 Å². The Morgan fingerprint density at radius 1 is 1.14 bits per heavy atom. The Morgan fingerprint density at radius 2 is 1.93 bits per heavy atom. The maximum Gasteiger partial charge on any atom is 0.258 e. The van der Waals surface area contributed by atoms with Crippen LogP contribution in [0.4, 0.5) is 5.69 Å². The monoisotopic (exact) mass is 405 g/mol. The number of carbonyl (C=O) groups excluding carboxylic acids is 1. The molecule has 146 valence electrons. The molecule has 0 saturated carbocycles. The zero-order chi connectivity index (χ0) is 20.4. The first-order valence-electron chi connectivity index (χ1n) is 9.07. The molecule has 2 heterocycles. The highest BCUT2D eigenvalue weighted by atomic mass is 32.1. The lowest BCUT2D eigenvalue weighted by molar-refractivity contribution is 0.102. The normalized spacial score (nSPS) is 10.8. The van der Waals surface area contributed by atoms with Gasteiger partial charge in [-0.2, -0.15) is 0 Å². The quantitative estimate of drug-likeness (QED) is 0.540. The Kier molecular flexibility index (Phi) is 5.14. The SMILES string of the molecule is Cc1ccc(C(=O)Nc2cccc(OCc3cc(=O)n4cc(C)sc4n3)c2)cc1. The summed E-state index contributed by atoms with van der Waals surface area (Å²) in [5.74, 6) is 0.395. The number of benzene rings is 2. The maximum atomic E-state index is 12.4. The van der Waals surface area contributed by atoms with Gasteiger partial charge in [-0.25, -0.2) is 4.98 Å². The van der Waals surface area contributed by atoms with Crippen LogP contribution < -0.4 is 15.6 Å². The Morgan fingerprint density at radius 3 is 2.72 bits per heavy atom. The fourth-order valence-electron chi connectivity index (χ4n) is 2.86. The van der Waals surface area contributed by atoms with E-state index in [1.807, 2.05) is 26.0 Å². The molecule has 1 amide bonds. The number of hydrogen-bond acceptors (Lipinski definition) is 5. The molecule has 29 heavy (non-hydrogen) atoms. The summed E-state index contributed by atoms with van der Waals surface area (Å²) >= 11 is 1.46. The van der Waals surface area contributed by atoms with Crippen LogP contribution in [-0.4, -0.2) is 15.3 Å². The summed E-state index contributed by atoms with van der Waals surface area (Å²) in [4.78, 5) is 30.7. The van der Waals surface area contributed by atoms with Crippen LogP contribution in [0.2, 0.25) is 0 Å². The minimum absolute atomic E-state index is 0.128. The topological polar surface area (TPSA) is 72.7 Å². The van der Waals surface area contributed by atoms with Crippen LogP contribution in [0.3, 0.4) is 0 Å². The second-order valence-corrected chi connectivity index (χ2v) is 7.93. The number of thiazole rings is 1. The van der Waals surface area contributed by atoms with E-state index < -0.39 is 0 Å². The number of amides is 1. The first-order chi connectivity index (χ1) is 14.0. The predicted molar refractivity (Wildman–Crippen MR) is 114 cm³/mol. The van der Waals surface area contributed by atoms with Crippen molar-refractivity contribution in [1.82, 2.24) is 9.38 Å². The van der Waals surface area contributed by atoms with Crippen LogP contribution in [0.1, 0.15) is 26.5 Å². The van der Waals surface area contributed by atoms with E-state index in [4.69, 9.17) is 4.74 Å². The molecule has 6 nitrogen and oxygen atoms in total. The van der Waals surface area contributed by atoms with Gasteiger partial charge in [-0.1, -0.05) is 23.8 Å². The molecule has 2 aromatic carbocycles. The molecule has 0 spiro atoms. The molecular weight excluding hydrogens is 386 g/mol. The molecule has 7 heteroatoms. The van der Waals surface area contributed by atoms with E-state index in [0.717, 1.165) is 10.4 Å². The third-order valence-corrected chi connectivity index (χ3v) is 5.23. The van der Waals surface area contributed by atoms with Gasteiger partial charge in [0.2, 0.25) is 0 Å². The number of nitrogens with zero attached hydrogens (tertiary/aromatic N) is 2. The molecule has 0 saturated heterocycles. The Balaban J connectivity index is 1.46. The molecule has 4 aromatic rings. The Bertz CT molecular complexity index is 1240. The molecule has 0 aliphatic carbocycles. The van der Waals surface area contributed by atoms with Gasteiger partial charge in [0, 0.05) is 34.5 Å². The molecule has 0 unspecified atom stereocenters. The zero-order valence-electron chi connectivity index (χ0n) is 16.0. The van der Waals surface area contributed by atoms with Gasteiger partial charge >= 0.3 is 0 Å². The lowest BCUT2D eigenvalue weighted by atomic mass is 10.1. The third-order valence-electron chi connectivity index (χ3n) is 4.33. The predicted octanol–water partition coefficient (Wildman–Crippen LogP) is 4.20. The highest BCUT2D eigenvalue weighted by molar-refractivity contribution is 7.16. The largest absolute Gasteiger partial charge is 0.487 e. The fraction of sp³-hybridized carbons (Fsp3) is 0.136. The van der Waals surface area contributed by atoms with Crippen LogP contribution >= 0.6 is 11.3 Å². The van der Waals surface area contributed by atoms with Gasteiger partial charge in [-0.05, 0) is 38.1 Å². The van der Waals surface area contributed by atoms with Crippen LogP contribution in [0.5, 0.6) is 5.75 Å². The number of aryl methyl sites for hydroxylation is 2. The molecule has 0 radical (unpaired) electrons. The number of ether oxygens (including phenoxy) is 1. The van der Waals surface area contributed by atoms with E-state index in [2.05, 4.69) is 10.3 Å². The van der Waals surface area contributed by atoms with Crippen LogP contribution in [-0.2, 0) is 6.61 Å². The number of carbonyl (C=O) groups is 1. The molecule has 2 aromatic heterocycles. The standard InChI is InChI=1S/C22H19N3O3S/c1-14-6-8-16(9-7-14)21(27)23-17-4-3-5-19(10-17)28-13-18-11-20(26)25-12-15(2)29-22(25)24-18/h3-12H,13H2,1-2H3,(H,23,27). The van der Waals surface area contributed by atoms with Gasteiger partial charge < -0.3 is 10.1 Å². The Labute approximate surface area is 171 Å². The summed E-state index contributed by atoms with van der Waals surface area (Å²) in [6, 6.07) is 16.0. The smallest absolute Gasteiger partial charge is 0.258 e. The van der Waals surface area contributed by atoms with Crippen molar-refractivity contribution in [3.8, 4) is 5.75 Å². The average Bonchev–Trinajstić information content (AvgIpc) is 3.08. The number of anilines is 1. The van der Waals surface area contributed by atoms with Crippen LogP contribution in [0, 0.1) is 13.8 Å².